The highest BCUT2D eigenvalue weighted by molar-refractivity contribution is 9.10. The molecule has 0 saturated carbocycles. The van der Waals surface area contributed by atoms with E-state index in [1.807, 2.05) is 6.92 Å². The molecule has 0 saturated heterocycles. The number of ketones is 1. The molecule has 3 rings (SSSR count). The van der Waals surface area contributed by atoms with Gasteiger partial charge in [-0.3, -0.25) is 14.4 Å². The quantitative estimate of drug-likeness (QED) is 0.699. The number of pyridine rings is 1. The first kappa shape index (κ1) is 18.4. The molecule has 1 atom stereocenters. The third-order valence-corrected chi connectivity index (χ3v) is 4.80. The van der Waals surface area contributed by atoms with Gasteiger partial charge in [0, 0.05) is 28.8 Å². The van der Waals surface area contributed by atoms with Crippen LogP contribution in [0.15, 0.2) is 45.8 Å². The van der Waals surface area contributed by atoms with Crippen molar-refractivity contribution < 1.29 is 14.3 Å². The molecule has 0 bridgehead atoms. The summed E-state index contributed by atoms with van der Waals surface area (Å²) in [7, 11) is 0. The lowest BCUT2D eigenvalue weighted by Crippen LogP contribution is -2.39. The van der Waals surface area contributed by atoms with Crippen LogP contribution in [-0.2, 0) is 4.79 Å². The number of aromatic nitrogens is 1. The lowest BCUT2D eigenvalue weighted by atomic mass is 10.0. The zero-order chi connectivity index (χ0) is 18.8. The van der Waals surface area contributed by atoms with Crippen molar-refractivity contribution in [2.45, 2.75) is 26.3 Å². The Morgan fingerprint density at radius 1 is 1.27 bits per heavy atom. The van der Waals surface area contributed by atoms with E-state index in [4.69, 9.17) is 4.74 Å². The molecular formula is C19H19BrN2O4. The Bertz CT molecular complexity index is 922. The minimum atomic E-state index is -0.669. The monoisotopic (exact) mass is 418 g/mol. The number of benzene rings is 1. The molecule has 0 aliphatic carbocycles. The molecule has 1 aliphatic heterocycles. The highest BCUT2D eigenvalue weighted by Gasteiger charge is 2.27. The predicted octanol–water partition coefficient (Wildman–Crippen LogP) is 3.19. The standard InChI is InChI=1S/C19H19BrN2O4/c1-3-8-21-15-9-13(4-6-16(15)26-11-18(21)24)19(25)12(2)22-10-14(20)5-7-17(22)23/h4-7,9-10,12H,3,8,11H2,1-2H3. The van der Waals surface area contributed by atoms with Crippen molar-refractivity contribution >= 4 is 33.3 Å². The number of nitrogens with zero attached hydrogens (tertiary/aromatic N) is 2. The lowest BCUT2D eigenvalue weighted by Gasteiger charge is -2.29. The normalized spacial score (nSPS) is 14.6. The van der Waals surface area contributed by atoms with Gasteiger partial charge in [0.1, 0.15) is 5.75 Å². The molecule has 1 aromatic heterocycles. The van der Waals surface area contributed by atoms with Gasteiger partial charge in [0.2, 0.25) is 0 Å². The Balaban J connectivity index is 1.97. The summed E-state index contributed by atoms with van der Waals surface area (Å²) in [5.74, 6) is 0.254. The second-order valence-corrected chi connectivity index (χ2v) is 7.07. The Morgan fingerprint density at radius 3 is 2.77 bits per heavy atom. The van der Waals surface area contributed by atoms with Crippen LogP contribution in [0.2, 0.25) is 0 Å². The van der Waals surface area contributed by atoms with Crippen molar-refractivity contribution in [1.82, 2.24) is 4.57 Å². The molecule has 1 aromatic carbocycles. The van der Waals surface area contributed by atoms with E-state index in [9.17, 15) is 14.4 Å². The SMILES string of the molecule is CCCN1C(=O)COc2ccc(C(=O)C(C)n3cc(Br)ccc3=O)cc21. The summed E-state index contributed by atoms with van der Waals surface area (Å²) in [5, 5.41) is 0. The lowest BCUT2D eigenvalue weighted by molar-refractivity contribution is -0.121. The molecule has 136 valence electrons. The van der Waals surface area contributed by atoms with Crippen molar-refractivity contribution in [1.29, 1.82) is 0 Å². The molecule has 26 heavy (non-hydrogen) atoms. The van der Waals surface area contributed by atoms with E-state index in [0.29, 0.717) is 23.5 Å². The molecule has 1 aliphatic rings. The average Bonchev–Trinajstić information content (AvgIpc) is 2.64. The molecule has 0 fully saturated rings. The average molecular weight is 419 g/mol. The smallest absolute Gasteiger partial charge is 0.265 e. The molecule has 0 spiro atoms. The largest absolute Gasteiger partial charge is 0.482 e. The molecular weight excluding hydrogens is 400 g/mol. The number of rotatable bonds is 5. The van der Waals surface area contributed by atoms with Gasteiger partial charge in [-0.1, -0.05) is 6.92 Å². The first-order chi connectivity index (χ1) is 12.4. The van der Waals surface area contributed by atoms with Crippen LogP contribution < -0.4 is 15.2 Å². The van der Waals surface area contributed by atoms with Crippen LogP contribution in [-0.4, -0.2) is 29.4 Å². The van der Waals surface area contributed by atoms with Gasteiger partial charge < -0.3 is 14.2 Å². The zero-order valence-electron chi connectivity index (χ0n) is 14.6. The number of hydrogen-bond donors (Lipinski definition) is 0. The molecule has 6 nitrogen and oxygen atoms in total. The molecule has 1 amide bonds. The number of carbonyl (C=O) groups is 2. The Kier molecular flexibility index (Phi) is 5.27. The maximum Gasteiger partial charge on any atom is 0.265 e. The number of fused-ring (bicyclic) bond motifs is 1. The summed E-state index contributed by atoms with van der Waals surface area (Å²) >= 11 is 3.32. The number of anilines is 1. The fraction of sp³-hybridized carbons (Fsp3) is 0.316. The van der Waals surface area contributed by atoms with Gasteiger partial charge in [0.15, 0.2) is 12.4 Å². The van der Waals surface area contributed by atoms with Crippen molar-refractivity contribution in [2.24, 2.45) is 0 Å². The van der Waals surface area contributed by atoms with Crippen molar-refractivity contribution in [3.8, 4) is 5.75 Å². The number of amides is 1. The molecule has 7 heteroatoms. The second kappa shape index (κ2) is 7.45. The van der Waals surface area contributed by atoms with Crippen LogP contribution in [0, 0.1) is 0 Å². The summed E-state index contributed by atoms with van der Waals surface area (Å²) in [6.45, 7) is 4.23. The van der Waals surface area contributed by atoms with Crippen LogP contribution in [0.4, 0.5) is 5.69 Å². The van der Waals surface area contributed by atoms with Gasteiger partial charge in [-0.15, -0.1) is 0 Å². The topological polar surface area (TPSA) is 68.6 Å². The maximum absolute atomic E-state index is 12.9. The third kappa shape index (κ3) is 3.44. The van der Waals surface area contributed by atoms with Gasteiger partial charge in [0.25, 0.3) is 11.5 Å². The molecule has 0 N–H and O–H groups in total. The first-order valence-corrected chi connectivity index (χ1v) is 9.20. The molecule has 2 heterocycles. The fourth-order valence-electron chi connectivity index (χ4n) is 2.97. The highest BCUT2D eigenvalue weighted by Crippen LogP contribution is 2.34. The van der Waals surface area contributed by atoms with Gasteiger partial charge in [-0.25, -0.2) is 0 Å². The first-order valence-electron chi connectivity index (χ1n) is 8.41. The highest BCUT2D eigenvalue weighted by atomic mass is 79.9. The Hall–Kier alpha value is -2.41. The van der Waals surface area contributed by atoms with E-state index < -0.39 is 6.04 Å². The van der Waals surface area contributed by atoms with Crippen LogP contribution in [0.25, 0.3) is 0 Å². The van der Waals surface area contributed by atoms with Gasteiger partial charge >= 0.3 is 0 Å². The summed E-state index contributed by atoms with van der Waals surface area (Å²) in [6, 6.07) is 7.42. The van der Waals surface area contributed by atoms with Gasteiger partial charge in [-0.05, 0) is 53.5 Å². The molecule has 1 unspecified atom stereocenters. The number of hydrogen-bond acceptors (Lipinski definition) is 4. The van der Waals surface area contributed by atoms with Crippen LogP contribution in [0.1, 0.15) is 36.7 Å². The zero-order valence-corrected chi connectivity index (χ0v) is 16.2. The molecule has 2 aromatic rings. The molecule has 0 radical (unpaired) electrons. The van der Waals surface area contributed by atoms with E-state index in [0.717, 1.165) is 10.9 Å². The summed E-state index contributed by atoms with van der Waals surface area (Å²) in [4.78, 5) is 38.8. The minimum absolute atomic E-state index is 0.00410. The van der Waals surface area contributed by atoms with Crippen LogP contribution >= 0.6 is 15.9 Å². The summed E-state index contributed by atoms with van der Waals surface area (Å²) in [6.07, 6.45) is 2.40. The predicted molar refractivity (Wildman–Crippen MR) is 102 cm³/mol. The van der Waals surface area contributed by atoms with E-state index in [2.05, 4.69) is 15.9 Å². The van der Waals surface area contributed by atoms with E-state index in [-0.39, 0.29) is 23.9 Å². The number of halogens is 1. The minimum Gasteiger partial charge on any atom is -0.482 e. The number of Topliss-reactive ketones (excluding diaryl/α,β-unsaturated/α-hetero) is 1. The Labute approximate surface area is 159 Å². The van der Waals surface area contributed by atoms with Crippen LogP contribution in [0.3, 0.4) is 0 Å². The van der Waals surface area contributed by atoms with Gasteiger partial charge in [0.05, 0.1) is 11.7 Å². The van der Waals surface area contributed by atoms with E-state index >= 15 is 0 Å². The Morgan fingerprint density at radius 2 is 2.04 bits per heavy atom. The van der Waals surface area contributed by atoms with Crippen LogP contribution in [0.5, 0.6) is 5.75 Å². The third-order valence-electron chi connectivity index (χ3n) is 4.33. The fourth-order valence-corrected chi connectivity index (χ4v) is 3.32. The van der Waals surface area contributed by atoms with Crippen molar-refractivity contribution in [2.75, 3.05) is 18.1 Å². The summed E-state index contributed by atoms with van der Waals surface area (Å²) < 4.78 is 7.57. The van der Waals surface area contributed by atoms with E-state index in [1.54, 1.807) is 42.3 Å². The summed E-state index contributed by atoms with van der Waals surface area (Å²) in [5.41, 5.74) is 0.781. The van der Waals surface area contributed by atoms with E-state index in [1.165, 1.54) is 10.6 Å². The number of ether oxygens (including phenoxy) is 1. The van der Waals surface area contributed by atoms with Crippen molar-refractivity contribution in [3.63, 3.8) is 0 Å². The van der Waals surface area contributed by atoms with Gasteiger partial charge in [-0.2, -0.15) is 0 Å². The second-order valence-electron chi connectivity index (χ2n) is 6.15. The maximum atomic E-state index is 12.9. The van der Waals surface area contributed by atoms with Crippen molar-refractivity contribution in [3.05, 3.63) is 56.9 Å². The number of carbonyl (C=O) groups excluding carboxylic acids is 2.